The van der Waals surface area contributed by atoms with E-state index in [9.17, 15) is 14.0 Å². The summed E-state index contributed by atoms with van der Waals surface area (Å²) < 4.78 is 24.0. The normalized spacial score (nSPS) is 11.3. The zero-order chi connectivity index (χ0) is 17.9. The number of methoxy groups -OCH3 is 1. The first-order valence-corrected chi connectivity index (χ1v) is 7.14. The summed E-state index contributed by atoms with van der Waals surface area (Å²) in [7, 11) is 4.53. The maximum Gasteiger partial charge on any atom is 0.344 e. The Labute approximate surface area is 142 Å². The van der Waals surface area contributed by atoms with Crippen LogP contribution in [0.15, 0.2) is 28.9 Å². The summed E-state index contributed by atoms with van der Waals surface area (Å²) in [6.07, 6.45) is 1.94. The van der Waals surface area contributed by atoms with Gasteiger partial charge in [0.1, 0.15) is 17.1 Å². The van der Waals surface area contributed by atoms with Gasteiger partial charge in [-0.1, -0.05) is 22.8 Å². The Hall–Kier alpha value is -2.67. The van der Waals surface area contributed by atoms with Crippen LogP contribution in [-0.2, 0) is 9.53 Å². The van der Waals surface area contributed by atoms with Crippen LogP contribution in [-0.4, -0.2) is 43.5 Å². The van der Waals surface area contributed by atoms with E-state index < -0.39 is 11.8 Å². The van der Waals surface area contributed by atoms with Crippen LogP contribution in [0.3, 0.4) is 0 Å². The van der Waals surface area contributed by atoms with Crippen LogP contribution in [0.2, 0.25) is 5.02 Å². The molecule has 0 spiro atoms. The van der Waals surface area contributed by atoms with Gasteiger partial charge in [-0.25, -0.2) is 9.18 Å². The number of carbonyl (C=O) groups is 2. The van der Waals surface area contributed by atoms with Crippen molar-refractivity contribution in [3.63, 3.8) is 0 Å². The fourth-order valence-electron chi connectivity index (χ4n) is 2.09. The molecule has 0 aliphatic carbocycles. The van der Waals surface area contributed by atoms with E-state index in [1.807, 2.05) is 0 Å². The van der Waals surface area contributed by atoms with Crippen molar-refractivity contribution in [2.75, 3.05) is 21.2 Å². The smallest absolute Gasteiger partial charge is 0.344 e. The van der Waals surface area contributed by atoms with E-state index in [-0.39, 0.29) is 33.2 Å². The molecule has 1 aromatic heterocycles. The highest BCUT2D eigenvalue weighted by Gasteiger charge is 2.29. The lowest BCUT2D eigenvalue weighted by atomic mass is 10.0. The van der Waals surface area contributed by atoms with E-state index in [0.29, 0.717) is 6.29 Å². The van der Waals surface area contributed by atoms with Crippen molar-refractivity contribution in [1.29, 1.82) is 0 Å². The number of allylic oxidation sites excluding steroid dienone is 1. The quantitative estimate of drug-likeness (QED) is 0.468. The molecule has 0 aliphatic heterocycles. The highest BCUT2D eigenvalue weighted by atomic mass is 35.5. The molecular formula is C16H14ClFN2O4. The number of carbonyl (C=O) groups excluding carboxylic acids is 2. The molecule has 0 atom stereocenters. The second kappa shape index (κ2) is 7.27. The molecule has 0 bridgehead atoms. The molecule has 0 N–H and O–H groups in total. The van der Waals surface area contributed by atoms with Crippen molar-refractivity contribution in [2.24, 2.45) is 0 Å². The maximum absolute atomic E-state index is 14.2. The third-order valence-electron chi connectivity index (χ3n) is 3.07. The van der Waals surface area contributed by atoms with Crippen LogP contribution in [0.1, 0.15) is 16.1 Å². The number of rotatable bonds is 5. The fraction of sp³-hybridized carbons (Fsp3) is 0.188. The molecule has 0 aliphatic rings. The average Bonchev–Trinajstić information content (AvgIpc) is 2.96. The predicted molar refractivity (Wildman–Crippen MR) is 86.0 cm³/mol. The zero-order valence-electron chi connectivity index (χ0n) is 13.2. The van der Waals surface area contributed by atoms with Crippen LogP contribution in [0.25, 0.3) is 16.8 Å². The number of aldehydes is 1. The third kappa shape index (κ3) is 3.30. The van der Waals surface area contributed by atoms with Crippen molar-refractivity contribution < 1.29 is 23.2 Å². The summed E-state index contributed by atoms with van der Waals surface area (Å²) in [5.41, 5.74) is -0.368. The number of nitrogens with zero attached hydrogens (tertiary/aromatic N) is 2. The number of aromatic nitrogens is 1. The lowest BCUT2D eigenvalue weighted by molar-refractivity contribution is -0.103. The summed E-state index contributed by atoms with van der Waals surface area (Å²) in [5, 5.41) is 3.78. The largest absolute Gasteiger partial charge is 0.465 e. The van der Waals surface area contributed by atoms with Gasteiger partial charge in [-0.15, -0.1) is 0 Å². The molecule has 1 aromatic carbocycles. The van der Waals surface area contributed by atoms with Crippen LogP contribution >= 0.6 is 11.6 Å². The second-order valence-electron chi connectivity index (χ2n) is 4.99. The molecule has 2 rings (SSSR count). The van der Waals surface area contributed by atoms with Crippen molar-refractivity contribution in [3.05, 3.63) is 46.6 Å². The number of hydrogen-bond acceptors (Lipinski definition) is 6. The first-order valence-electron chi connectivity index (χ1n) is 6.76. The van der Waals surface area contributed by atoms with E-state index >= 15 is 0 Å². The van der Waals surface area contributed by atoms with E-state index in [1.54, 1.807) is 19.0 Å². The van der Waals surface area contributed by atoms with Crippen molar-refractivity contribution in [3.8, 4) is 11.3 Å². The van der Waals surface area contributed by atoms with Gasteiger partial charge in [0.05, 0.1) is 23.3 Å². The van der Waals surface area contributed by atoms with E-state index in [0.717, 1.165) is 7.11 Å². The maximum atomic E-state index is 14.2. The number of hydrogen-bond donors (Lipinski definition) is 0. The molecule has 1 heterocycles. The van der Waals surface area contributed by atoms with Crippen LogP contribution < -0.4 is 0 Å². The highest BCUT2D eigenvalue weighted by molar-refractivity contribution is 6.33. The molecular weight excluding hydrogens is 339 g/mol. The molecule has 0 unspecified atom stereocenters. The molecule has 0 fully saturated rings. The van der Waals surface area contributed by atoms with Crippen LogP contribution in [0, 0.1) is 5.82 Å². The second-order valence-corrected chi connectivity index (χ2v) is 5.40. The summed E-state index contributed by atoms with van der Waals surface area (Å²) >= 11 is 6.02. The SMILES string of the molecule is COC(=O)c1c(-c2c(F)cccc2Cl)noc1/C(C=O)=C/N(C)C. The monoisotopic (exact) mass is 352 g/mol. The molecule has 0 amide bonds. The number of halogens is 2. The molecule has 24 heavy (non-hydrogen) atoms. The fourth-order valence-corrected chi connectivity index (χ4v) is 2.35. The lowest BCUT2D eigenvalue weighted by Crippen LogP contribution is -2.08. The highest BCUT2D eigenvalue weighted by Crippen LogP contribution is 2.35. The molecule has 126 valence electrons. The van der Waals surface area contributed by atoms with Crippen molar-refractivity contribution in [2.45, 2.75) is 0 Å². The lowest BCUT2D eigenvalue weighted by Gasteiger charge is -2.07. The van der Waals surface area contributed by atoms with Gasteiger partial charge >= 0.3 is 5.97 Å². The topological polar surface area (TPSA) is 72.6 Å². The zero-order valence-corrected chi connectivity index (χ0v) is 13.9. The Morgan fingerprint density at radius 2 is 2.12 bits per heavy atom. The van der Waals surface area contributed by atoms with E-state index in [1.165, 1.54) is 24.4 Å². The Bertz CT molecular complexity index is 794. The summed E-state index contributed by atoms with van der Waals surface area (Å²) in [6.45, 7) is 0. The van der Waals surface area contributed by atoms with Crippen LogP contribution in [0.5, 0.6) is 0 Å². The summed E-state index contributed by atoms with van der Waals surface area (Å²) in [5.74, 6) is -1.64. The number of ether oxygens (including phenoxy) is 1. The first kappa shape index (κ1) is 17.7. The average molecular weight is 353 g/mol. The van der Waals surface area contributed by atoms with Gasteiger partial charge in [0.15, 0.2) is 12.0 Å². The molecule has 2 aromatic rings. The first-order chi connectivity index (χ1) is 11.4. The molecule has 8 heteroatoms. The van der Waals surface area contributed by atoms with Crippen LogP contribution in [0.4, 0.5) is 4.39 Å². The Balaban J connectivity index is 2.76. The van der Waals surface area contributed by atoms with Gasteiger partial charge in [0.2, 0.25) is 0 Å². The minimum Gasteiger partial charge on any atom is -0.465 e. The molecule has 0 saturated carbocycles. The Kier molecular flexibility index (Phi) is 5.35. The summed E-state index contributed by atoms with van der Waals surface area (Å²) in [4.78, 5) is 25.1. The van der Waals surface area contributed by atoms with E-state index in [2.05, 4.69) is 5.16 Å². The Morgan fingerprint density at radius 3 is 2.67 bits per heavy atom. The number of benzene rings is 1. The molecule has 6 nitrogen and oxygen atoms in total. The van der Waals surface area contributed by atoms with Crippen molar-refractivity contribution in [1.82, 2.24) is 10.1 Å². The number of esters is 1. The molecule has 0 saturated heterocycles. The van der Waals surface area contributed by atoms with Gasteiger partial charge in [-0.2, -0.15) is 0 Å². The predicted octanol–water partition coefficient (Wildman–Crippen LogP) is 3.02. The van der Waals surface area contributed by atoms with Crippen molar-refractivity contribution >= 4 is 29.4 Å². The molecule has 0 radical (unpaired) electrons. The Morgan fingerprint density at radius 1 is 1.42 bits per heavy atom. The van der Waals surface area contributed by atoms with Gasteiger partial charge in [0.25, 0.3) is 0 Å². The minimum atomic E-state index is -0.827. The standard InChI is InChI=1S/C16H14ClFN2O4/c1-20(2)7-9(8-21)15-13(16(22)23-3)14(19-24-15)12-10(17)5-4-6-11(12)18/h4-8H,1-3H3/b9-7+. The third-order valence-corrected chi connectivity index (χ3v) is 3.38. The van der Waals surface area contributed by atoms with Gasteiger partial charge in [-0.3, -0.25) is 4.79 Å². The van der Waals surface area contributed by atoms with Gasteiger partial charge < -0.3 is 14.2 Å². The van der Waals surface area contributed by atoms with Gasteiger partial charge in [0, 0.05) is 20.3 Å². The van der Waals surface area contributed by atoms with Gasteiger partial charge in [-0.05, 0) is 12.1 Å². The van der Waals surface area contributed by atoms with E-state index in [4.69, 9.17) is 20.9 Å². The summed E-state index contributed by atoms with van der Waals surface area (Å²) in [6, 6.07) is 4.04. The minimum absolute atomic E-state index is 0.0456.